The van der Waals surface area contributed by atoms with E-state index in [1.807, 2.05) is 0 Å². The maximum Gasteiger partial charge on any atom is 0.295 e. The minimum atomic E-state index is -2.75. The van der Waals surface area contributed by atoms with Gasteiger partial charge < -0.3 is 0 Å². The van der Waals surface area contributed by atoms with Gasteiger partial charge in [-0.15, -0.1) is 0 Å². The lowest BCUT2D eigenvalue weighted by molar-refractivity contribution is -0.384. The van der Waals surface area contributed by atoms with Crippen molar-refractivity contribution in [3.8, 4) is 5.69 Å². The Balaban J connectivity index is 2.57. The van der Waals surface area contributed by atoms with Crippen LogP contribution in [-0.4, -0.2) is 14.7 Å². The van der Waals surface area contributed by atoms with Gasteiger partial charge in [0, 0.05) is 17.8 Å². The fraction of sp³-hybridized carbons (Fsp3) is 0.100. The Hall–Kier alpha value is -1.83. The Bertz CT molecular complexity index is 601. The summed E-state index contributed by atoms with van der Waals surface area (Å²) in [7, 11) is 0. The van der Waals surface area contributed by atoms with Gasteiger partial charge in [0.15, 0.2) is 0 Å². The summed E-state index contributed by atoms with van der Waals surface area (Å²) in [5, 5.41) is 14.8. The lowest BCUT2D eigenvalue weighted by atomic mass is 10.2. The quantitative estimate of drug-likeness (QED) is 0.643. The maximum atomic E-state index is 12.5. The van der Waals surface area contributed by atoms with Gasteiger partial charge in [0.05, 0.1) is 15.6 Å². The van der Waals surface area contributed by atoms with Crippen LogP contribution in [0.5, 0.6) is 0 Å². The highest BCUT2D eigenvalue weighted by atomic mass is 79.9. The zero-order valence-corrected chi connectivity index (χ0v) is 10.3. The molecule has 94 valence electrons. The number of hydrogen-bond donors (Lipinski definition) is 0. The summed E-state index contributed by atoms with van der Waals surface area (Å²) >= 11 is 3.16. The van der Waals surface area contributed by atoms with Crippen LogP contribution in [0.1, 0.15) is 12.0 Å². The summed E-state index contributed by atoms with van der Waals surface area (Å²) < 4.78 is 26.9. The molecule has 1 heterocycles. The lowest BCUT2D eigenvalue weighted by Crippen LogP contribution is -2.01. The average molecular weight is 318 g/mol. The number of benzene rings is 1. The van der Waals surface area contributed by atoms with E-state index in [0.717, 1.165) is 12.1 Å². The summed E-state index contributed by atoms with van der Waals surface area (Å²) in [4.78, 5) is 10.2. The van der Waals surface area contributed by atoms with Gasteiger partial charge in [0.2, 0.25) is 0 Å². The SMILES string of the molecule is O=[N+]([O-])c1cc(C(F)F)ccc1-n1cc(Br)cn1. The normalized spacial score (nSPS) is 10.9. The van der Waals surface area contributed by atoms with E-state index in [-0.39, 0.29) is 5.69 Å². The predicted octanol–water partition coefficient (Wildman–Crippen LogP) is 3.48. The number of hydrogen-bond acceptors (Lipinski definition) is 3. The number of rotatable bonds is 3. The molecule has 0 aliphatic carbocycles. The van der Waals surface area contributed by atoms with Gasteiger partial charge in [0.1, 0.15) is 5.69 Å². The van der Waals surface area contributed by atoms with Crippen molar-refractivity contribution in [1.29, 1.82) is 0 Å². The molecule has 8 heteroatoms. The molecule has 0 atom stereocenters. The second-order valence-electron chi connectivity index (χ2n) is 3.41. The molecule has 2 aromatic rings. The maximum absolute atomic E-state index is 12.5. The van der Waals surface area contributed by atoms with Crippen LogP contribution in [0.4, 0.5) is 14.5 Å². The molecule has 0 aliphatic heterocycles. The van der Waals surface area contributed by atoms with E-state index in [0.29, 0.717) is 4.47 Å². The number of alkyl halides is 2. The number of nitro groups is 1. The fourth-order valence-electron chi connectivity index (χ4n) is 1.45. The standard InChI is InChI=1S/C10H6BrF2N3O2/c11-7-4-14-15(5-7)8-2-1-6(10(12)13)3-9(8)16(17)18/h1-5,10H. The molecule has 0 spiro atoms. The Kier molecular flexibility index (Phi) is 3.37. The summed E-state index contributed by atoms with van der Waals surface area (Å²) in [5.74, 6) is 0. The lowest BCUT2D eigenvalue weighted by Gasteiger charge is -2.05. The first-order valence-electron chi connectivity index (χ1n) is 4.76. The van der Waals surface area contributed by atoms with Gasteiger partial charge in [-0.25, -0.2) is 13.5 Å². The molecule has 0 saturated carbocycles. The van der Waals surface area contributed by atoms with Crippen molar-refractivity contribution < 1.29 is 13.7 Å². The molecular formula is C10H6BrF2N3O2. The van der Waals surface area contributed by atoms with E-state index in [1.165, 1.54) is 23.1 Å². The average Bonchev–Trinajstić information content (AvgIpc) is 2.74. The Morgan fingerprint density at radius 3 is 2.67 bits per heavy atom. The molecule has 0 unspecified atom stereocenters. The van der Waals surface area contributed by atoms with Crippen molar-refractivity contribution in [2.45, 2.75) is 6.43 Å². The number of aromatic nitrogens is 2. The third kappa shape index (κ3) is 2.37. The summed E-state index contributed by atoms with van der Waals surface area (Å²) in [6, 6.07) is 3.25. The van der Waals surface area contributed by atoms with Crippen LogP contribution in [0.25, 0.3) is 5.69 Å². The predicted molar refractivity (Wildman–Crippen MR) is 62.9 cm³/mol. The molecule has 1 aromatic carbocycles. The Morgan fingerprint density at radius 1 is 1.44 bits per heavy atom. The van der Waals surface area contributed by atoms with Gasteiger partial charge in [-0.05, 0) is 22.0 Å². The van der Waals surface area contributed by atoms with Crippen molar-refractivity contribution >= 4 is 21.6 Å². The molecule has 0 bridgehead atoms. The molecule has 0 saturated heterocycles. The fourth-order valence-corrected chi connectivity index (χ4v) is 1.73. The van der Waals surface area contributed by atoms with Crippen molar-refractivity contribution in [3.05, 3.63) is 50.7 Å². The monoisotopic (exact) mass is 317 g/mol. The van der Waals surface area contributed by atoms with Gasteiger partial charge >= 0.3 is 0 Å². The van der Waals surface area contributed by atoms with Crippen LogP contribution in [-0.2, 0) is 0 Å². The second-order valence-corrected chi connectivity index (χ2v) is 4.32. The smallest absolute Gasteiger partial charge is 0.258 e. The number of nitro benzene ring substituents is 1. The molecular weight excluding hydrogens is 312 g/mol. The van der Waals surface area contributed by atoms with E-state index < -0.39 is 22.6 Å². The molecule has 18 heavy (non-hydrogen) atoms. The van der Waals surface area contributed by atoms with Crippen LogP contribution in [0.15, 0.2) is 35.1 Å². The largest absolute Gasteiger partial charge is 0.295 e. The van der Waals surface area contributed by atoms with Crippen LogP contribution < -0.4 is 0 Å². The van der Waals surface area contributed by atoms with Crippen LogP contribution >= 0.6 is 15.9 Å². The van der Waals surface area contributed by atoms with Crippen molar-refractivity contribution in [2.75, 3.05) is 0 Å². The molecule has 1 aromatic heterocycles. The molecule has 0 N–H and O–H groups in total. The second kappa shape index (κ2) is 4.81. The number of nitrogens with zero attached hydrogens (tertiary/aromatic N) is 3. The highest BCUT2D eigenvalue weighted by Gasteiger charge is 2.19. The molecule has 5 nitrogen and oxygen atoms in total. The van der Waals surface area contributed by atoms with Crippen molar-refractivity contribution in [3.63, 3.8) is 0 Å². The van der Waals surface area contributed by atoms with Crippen LogP contribution in [0, 0.1) is 10.1 Å². The first-order valence-corrected chi connectivity index (χ1v) is 5.55. The Morgan fingerprint density at radius 2 is 2.17 bits per heavy atom. The van der Waals surface area contributed by atoms with Gasteiger partial charge in [-0.3, -0.25) is 10.1 Å². The first kappa shape index (κ1) is 12.6. The van der Waals surface area contributed by atoms with E-state index in [1.54, 1.807) is 0 Å². The zero-order valence-electron chi connectivity index (χ0n) is 8.76. The highest BCUT2D eigenvalue weighted by Crippen LogP contribution is 2.29. The molecule has 2 rings (SSSR count). The van der Waals surface area contributed by atoms with Gasteiger partial charge in [-0.1, -0.05) is 6.07 Å². The first-order chi connectivity index (χ1) is 8.49. The molecule has 0 fully saturated rings. The van der Waals surface area contributed by atoms with Crippen LogP contribution in [0.3, 0.4) is 0 Å². The summed E-state index contributed by atoms with van der Waals surface area (Å²) in [6.45, 7) is 0. The zero-order chi connectivity index (χ0) is 13.3. The van der Waals surface area contributed by atoms with Crippen molar-refractivity contribution in [1.82, 2.24) is 9.78 Å². The minimum Gasteiger partial charge on any atom is -0.258 e. The van der Waals surface area contributed by atoms with Crippen molar-refractivity contribution in [2.24, 2.45) is 0 Å². The summed E-state index contributed by atoms with van der Waals surface area (Å²) in [6.07, 6.45) is 0.205. The Labute approximate surface area is 108 Å². The van der Waals surface area contributed by atoms with E-state index in [9.17, 15) is 18.9 Å². The third-order valence-electron chi connectivity index (χ3n) is 2.25. The minimum absolute atomic E-state index is 0.134. The van der Waals surface area contributed by atoms with E-state index in [2.05, 4.69) is 21.0 Å². The van der Waals surface area contributed by atoms with E-state index >= 15 is 0 Å². The van der Waals surface area contributed by atoms with Gasteiger partial charge in [-0.2, -0.15) is 5.10 Å². The van der Waals surface area contributed by atoms with Crippen LogP contribution in [0.2, 0.25) is 0 Å². The molecule has 0 amide bonds. The third-order valence-corrected chi connectivity index (χ3v) is 2.66. The topological polar surface area (TPSA) is 61.0 Å². The number of halogens is 3. The molecule has 0 aliphatic rings. The highest BCUT2D eigenvalue weighted by molar-refractivity contribution is 9.10. The van der Waals surface area contributed by atoms with Gasteiger partial charge in [0.25, 0.3) is 12.1 Å². The van der Waals surface area contributed by atoms with E-state index in [4.69, 9.17) is 0 Å². The summed E-state index contributed by atoms with van der Waals surface area (Å²) in [5.41, 5.74) is -0.671. The molecule has 0 radical (unpaired) electrons.